The van der Waals surface area contributed by atoms with Gasteiger partial charge in [0.15, 0.2) is 5.82 Å². The molecule has 1 atom stereocenters. The minimum absolute atomic E-state index is 0.0491. The molecule has 3 rings (SSSR count). The van der Waals surface area contributed by atoms with Gasteiger partial charge in [-0.05, 0) is 52.2 Å². The van der Waals surface area contributed by atoms with Gasteiger partial charge in [0.2, 0.25) is 0 Å². The topological polar surface area (TPSA) is 99.1 Å². The average molecular weight is 368 g/mol. The lowest BCUT2D eigenvalue weighted by atomic mass is 10.2. The molecule has 0 aliphatic heterocycles. The molecule has 27 heavy (non-hydrogen) atoms. The van der Waals surface area contributed by atoms with Crippen LogP contribution in [0.4, 0.5) is 10.5 Å². The zero-order chi connectivity index (χ0) is 19.4. The molecular weight excluding hydrogens is 344 g/mol. The highest BCUT2D eigenvalue weighted by Crippen LogP contribution is 2.21. The number of amides is 2. The molecule has 2 aromatic heterocycles. The predicted octanol–water partition coefficient (Wildman–Crippen LogP) is 3.11. The molecule has 2 heterocycles. The summed E-state index contributed by atoms with van der Waals surface area (Å²) < 4.78 is 5.69. The van der Waals surface area contributed by atoms with Gasteiger partial charge in [0.25, 0.3) is 0 Å². The van der Waals surface area contributed by atoms with Crippen molar-refractivity contribution in [3.05, 3.63) is 53.7 Å². The molecule has 0 radical (unpaired) electrons. The number of urea groups is 1. The average Bonchev–Trinajstić information content (AvgIpc) is 3.24. The van der Waals surface area contributed by atoms with E-state index >= 15 is 0 Å². The number of aromatic nitrogens is 3. The number of aromatic amines is 1. The first-order valence-electron chi connectivity index (χ1n) is 8.69. The molecule has 1 unspecified atom stereocenters. The number of aryl methyl sites for hydroxylation is 2. The first-order valence-corrected chi connectivity index (χ1v) is 8.69. The van der Waals surface area contributed by atoms with Crippen molar-refractivity contribution in [3.63, 3.8) is 0 Å². The molecule has 0 saturated heterocycles. The zero-order valence-corrected chi connectivity index (χ0v) is 15.9. The lowest BCUT2D eigenvalue weighted by Gasteiger charge is -2.22. The van der Waals surface area contributed by atoms with E-state index in [0.717, 1.165) is 22.9 Å². The number of nitrogens with zero attached hydrogens (tertiary/aromatic N) is 3. The maximum atomic E-state index is 12.3. The van der Waals surface area contributed by atoms with E-state index in [0.29, 0.717) is 18.1 Å². The van der Waals surface area contributed by atoms with Crippen LogP contribution in [-0.2, 0) is 0 Å². The Morgan fingerprint density at radius 1 is 1.26 bits per heavy atom. The van der Waals surface area contributed by atoms with E-state index < -0.39 is 0 Å². The third kappa shape index (κ3) is 4.73. The van der Waals surface area contributed by atoms with Crippen LogP contribution in [0.3, 0.4) is 0 Å². The first-order chi connectivity index (χ1) is 12.9. The fourth-order valence-corrected chi connectivity index (χ4v) is 2.74. The molecular formula is C19H24N6O2. The Hall–Kier alpha value is -3.13. The van der Waals surface area contributed by atoms with Gasteiger partial charge >= 0.3 is 6.03 Å². The Balaban J connectivity index is 1.62. The molecule has 8 nitrogen and oxygen atoms in total. The number of likely N-dealkylation sites (N-methyl/N-ethyl adjacent to an activating group) is 1. The highest BCUT2D eigenvalue weighted by Gasteiger charge is 2.18. The van der Waals surface area contributed by atoms with Gasteiger partial charge in [-0.15, -0.1) is 0 Å². The summed E-state index contributed by atoms with van der Waals surface area (Å²) in [6, 6.07) is 10.9. The van der Waals surface area contributed by atoms with E-state index in [-0.39, 0.29) is 12.1 Å². The number of hydrogen-bond donors (Lipinski definition) is 3. The van der Waals surface area contributed by atoms with Gasteiger partial charge in [-0.2, -0.15) is 5.10 Å². The summed E-state index contributed by atoms with van der Waals surface area (Å²) in [5, 5.41) is 12.7. The fraction of sp³-hybridized carbons (Fsp3) is 0.316. The highest BCUT2D eigenvalue weighted by atomic mass is 16.3. The maximum Gasteiger partial charge on any atom is 0.319 e. The molecule has 8 heteroatoms. The summed E-state index contributed by atoms with van der Waals surface area (Å²) in [5.41, 5.74) is 1.50. The predicted molar refractivity (Wildman–Crippen MR) is 103 cm³/mol. The van der Waals surface area contributed by atoms with Crippen molar-refractivity contribution in [3.8, 4) is 11.4 Å². The van der Waals surface area contributed by atoms with Crippen LogP contribution < -0.4 is 10.6 Å². The Bertz CT molecular complexity index is 914. The number of rotatable bonds is 6. The van der Waals surface area contributed by atoms with Crippen LogP contribution in [0.5, 0.6) is 0 Å². The molecule has 0 bridgehead atoms. The van der Waals surface area contributed by atoms with Gasteiger partial charge in [0, 0.05) is 17.8 Å². The van der Waals surface area contributed by atoms with Crippen LogP contribution in [0.1, 0.15) is 23.4 Å². The second-order valence-corrected chi connectivity index (χ2v) is 6.59. The van der Waals surface area contributed by atoms with Crippen molar-refractivity contribution in [2.24, 2.45) is 0 Å². The second kappa shape index (κ2) is 8.05. The van der Waals surface area contributed by atoms with Crippen molar-refractivity contribution >= 4 is 11.7 Å². The Morgan fingerprint density at radius 2 is 2.07 bits per heavy atom. The molecule has 0 fully saturated rings. The van der Waals surface area contributed by atoms with Crippen LogP contribution in [0.25, 0.3) is 11.4 Å². The normalized spacial score (nSPS) is 12.2. The number of nitrogens with one attached hydrogen (secondary N) is 3. The number of furan rings is 1. The number of hydrogen-bond acceptors (Lipinski definition) is 5. The molecule has 0 aliphatic rings. The minimum atomic E-state index is -0.284. The Morgan fingerprint density at radius 3 is 2.70 bits per heavy atom. The number of carbonyl (C=O) groups is 1. The van der Waals surface area contributed by atoms with Gasteiger partial charge in [0.05, 0.1) is 6.04 Å². The summed E-state index contributed by atoms with van der Waals surface area (Å²) in [7, 11) is 3.90. The largest absolute Gasteiger partial charge is 0.465 e. The van der Waals surface area contributed by atoms with E-state index in [1.165, 1.54) is 0 Å². The molecule has 2 amide bonds. The molecule has 3 aromatic rings. The van der Waals surface area contributed by atoms with Crippen LogP contribution in [0.15, 0.2) is 40.8 Å². The monoisotopic (exact) mass is 368 g/mol. The van der Waals surface area contributed by atoms with Crippen LogP contribution in [0, 0.1) is 13.8 Å². The molecule has 0 spiro atoms. The van der Waals surface area contributed by atoms with E-state index in [2.05, 4.69) is 25.8 Å². The SMILES string of the molecule is Cc1nc(-c2cccc(NC(=O)NCC(c3ccc(C)o3)N(C)C)c2)n[nH]1. The van der Waals surface area contributed by atoms with Crippen molar-refractivity contribution in [1.82, 2.24) is 25.4 Å². The van der Waals surface area contributed by atoms with Gasteiger partial charge in [-0.25, -0.2) is 9.78 Å². The summed E-state index contributed by atoms with van der Waals surface area (Å²) >= 11 is 0. The van der Waals surface area contributed by atoms with E-state index in [4.69, 9.17) is 4.42 Å². The first kappa shape index (κ1) is 18.7. The third-order valence-corrected chi connectivity index (χ3v) is 4.14. The van der Waals surface area contributed by atoms with Crippen molar-refractivity contribution in [2.45, 2.75) is 19.9 Å². The summed E-state index contributed by atoms with van der Waals surface area (Å²) in [6.07, 6.45) is 0. The lowest BCUT2D eigenvalue weighted by Crippen LogP contribution is -2.36. The van der Waals surface area contributed by atoms with Crippen molar-refractivity contribution in [2.75, 3.05) is 26.0 Å². The van der Waals surface area contributed by atoms with Crippen LogP contribution in [0.2, 0.25) is 0 Å². The number of benzene rings is 1. The minimum Gasteiger partial charge on any atom is -0.465 e. The van der Waals surface area contributed by atoms with Gasteiger partial charge in [-0.3, -0.25) is 10.00 Å². The summed E-state index contributed by atoms with van der Waals surface area (Å²) in [5.74, 6) is 3.00. The van der Waals surface area contributed by atoms with E-state index in [9.17, 15) is 4.79 Å². The maximum absolute atomic E-state index is 12.3. The van der Waals surface area contributed by atoms with Gasteiger partial charge < -0.3 is 15.1 Å². The van der Waals surface area contributed by atoms with Gasteiger partial charge in [-0.1, -0.05) is 12.1 Å². The number of carbonyl (C=O) groups excluding carboxylic acids is 1. The van der Waals surface area contributed by atoms with Crippen LogP contribution >= 0.6 is 0 Å². The summed E-state index contributed by atoms with van der Waals surface area (Å²) in [4.78, 5) is 18.6. The molecule has 3 N–H and O–H groups in total. The van der Waals surface area contributed by atoms with Crippen LogP contribution in [-0.4, -0.2) is 46.8 Å². The van der Waals surface area contributed by atoms with E-state index in [1.807, 2.05) is 69.2 Å². The molecule has 0 aliphatic carbocycles. The number of anilines is 1. The van der Waals surface area contributed by atoms with Crippen molar-refractivity contribution < 1.29 is 9.21 Å². The molecule has 1 aromatic carbocycles. The fourth-order valence-electron chi connectivity index (χ4n) is 2.74. The third-order valence-electron chi connectivity index (χ3n) is 4.14. The zero-order valence-electron chi connectivity index (χ0n) is 15.9. The smallest absolute Gasteiger partial charge is 0.319 e. The van der Waals surface area contributed by atoms with Crippen molar-refractivity contribution in [1.29, 1.82) is 0 Å². The summed E-state index contributed by atoms with van der Waals surface area (Å²) in [6.45, 7) is 4.17. The Kier molecular flexibility index (Phi) is 5.56. The van der Waals surface area contributed by atoms with E-state index in [1.54, 1.807) is 0 Å². The van der Waals surface area contributed by atoms with Gasteiger partial charge in [0.1, 0.15) is 17.3 Å². The number of H-pyrrole nitrogens is 1. The second-order valence-electron chi connectivity index (χ2n) is 6.59. The molecule has 0 saturated carbocycles. The highest BCUT2D eigenvalue weighted by molar-refractivity contribution is 5.89. The Labute approximate surface area is 158 Å². The lowest BCUT2D eigenvalue weighted by molar-refractivity contribution is 0.232. The standard InChI is InChI=1S/C19H24N6O2/c1-12-8-9-17(27-12)16(25(3)4)11-20-19(26)22-15-7-5-6-14(10-15)18-21-13(2)23-24-18/h5-10,16H,11H2,1-4H3,(H2,20,22,26)(H,21,23,24). The molecule has 142 valence electrons. The quantitative estimate of drug-likeness (QED) is 0.621.